The highest BCUT2D eigenvalue weighted by Crippen LogP contribution is 2.14. The van der Waals surface area contributed by atoms with Gasteiger partial charge < -0.3 is 15.2 Å². The Hall–Kier alpha value is -1.88. The first-order valence-corrected chi connectivity index (χ1v) is 7.29. The van der Waals surface area contributed by atoms with Crippen molar-refractivity contribution in [2.45, 2.75) is 26.3 Å². The van der Waals surface area contributed by atoms with Gasteiger partial charge in [-0.2, -0.15) is 0 Å². The van der Waals surface area contributed by atoms with E-state index >= 15 is 0 Å². The van der Waals surface area contributed by atoms with Gasteiger partial charge in [-0.05, 0) is 36.7 Å². The largest absolute Gasteiger partial charge is 0.362 e. The zero-order chi connectivity index (χ0) is 14.2. The molecular formula is C15H20N4S. The van der Waals surface area contributed by atoms with Crippen molar-refractivity contribution in [3.63, 3.8) is 0 Å². The predicted molar refractivity (Wildman–Crippen MR) is 86.9 cm³/mol. The van der Waals surface area contributed by atoms with Crippen LogP contribution < -0.4 is 10.6 Å². The van der Waals surface area contributed by atoms with Crippen LogP contribution in [0.5, 0.6) is 0 Å². The maximum absolute atomic E-state index is 5.32. The average Bonchev–Trinajstić information content (AvgIpc) is 2.97. The first-order chi connectivity index (χ1) is 9.79. The van der Waals surface area contributed by atoms with Crippen molar-refractivity contribution in [3.8, 4) is 0 Å². The molecule has 0 aliphatic rings. The quantitative estimate of drug-likeness (QED) is 0.633. The Morgan fingerprint density at radius 1 is 1.35 bits per heavy atom. The minimum absolute atomic E-state index is 0.677. The van der Waals surface area contributed by atoms with Crippen LogP contribution in [0, 0.1) is 0 Å². The van der Waals surface area contributed by atoms with Gasteiger partial charge in [0.15, 0.2) is 5.11 Å². The number of aryl methyl sites for hydroxylation is 2. The van der Waals surface area contributed by atoms with Gasteiger partial charge in [0.05, 0.1) is 6.33 Å². The van der Waals surface area contributed by atoms with E-state index in [9.17, 15) is 0 Å². The van der Waals surface area contributed by atoms with E-state index in [1.165, 1.54) is 5.56 Å². The summed E-state index contributed by atoms with van der Waals surface area (Å²) < 4.78 is 2.06. The second-order valence-electron chi connectivity index (χ2n) is 4.55. The Kier molecular flexibility index (Phi) is 5.55. The number of para-hydroxylation sites is 1. The van der Waals surface area contributed by atoms with Gasteiger partial charge in [0.2, 0.25) is 0 Å². The zero-order valence-electron chi connectivity index (χ0n) is 11.7. The first kappa shape index (κ1) is 14.5. The SMILES string of the molecule is CCc1ccccc1NC(=S)NCCCn1ccnc1. The summed E-state index contributed by atoms with van der Waals surface area (Å²) in [6.07, 6.45) is 7.59. The van der Waals surface area contributed by atoms with Crippen LogP contribution in [0.2, 0.25) is 0 Å². The standard InChI is InChI=1S/C15H20N4S/c1-2-13-6-3-4-7-14(13)18-15(20)17-8-5-10-19-11-9-16-12-19/h3-4,6-7,9,11-12H,2,5,8,10H2,1H3,(H2,17,18,20). The Morgan fingerprint density at radius 2 is 2.20 bits per heavy atom. The minimum atomic E-state index is 0.677. The van der Waals surface area contributed by atoms with Gasteiger partial charge in [-0.15, -0.1) is 0 Å². The van der Waals surface area contributed by atoms with Gasteiger partial charge in [-0.25, -0.2) is 4.98 Å². The number of nitrogens with zero attached hydrogens (tertiary/aromatic N) is 2. The van der Waals surface area contributed by atoms with E-state index in [1.807, 2.05) is 24.7 Å². The maximum Gasteiger partial charge on any atom is 0.170 e. The average molecular weight is 288 g/mol. The molecule has 5 heteroatoms. The van der Waals surface area contributed by atoms with Crippen LogP contribution in [0.25, 0.3) is 0 Å². The van der Waals surface area contributed by atoms with Crippen LogP contribution in [0.15, 0.2) is 43.0 Å². The molecule has 2 N–H and O–H groups in total. The molecule has 0 aliphatic carbocycles. The van der Waals surface area contributed by atoms with Gasteiger partial charge in [0.25, 0.3) is 0 Å². The lowest BCUT2D eigenvalue weighted by molar-refractivity contribution is 0.632. The third-order valence-corrected chi connectivity index (χ3v) is 3.33. The van der Waals surface area contributed by atoms with Crippen molar-refractivity contribution in [1.82, 2.24) is 14.9 Å². The van der Waals surface area contributed by atoms with E-state index in [2.05, 4.69) is 39.2 Å². The Morgan fingerprint density at radius 3 is 2.95 bits per heavy atom. The fourth-order valence-electron chi connectivity index (χ4n) is 2.00. The molecule has 0 bridgehead atoms. The molecule has 1 aromatic carbocycles. The minimum Gasteiger partial charge on any atom is -0.362 e. The molecule has 0 saturated heterocycles. The number of imidazole rings is 1. The van der Waals surface area contributed by atoms with Gasteiger partial charge >= 0.3 is 0 Å². The van der Waals surface area contributed by atoms with E-state index in [-0.39, 0.29) is 0 Å². The molecule has 106 valence electrons. The van der Waals surface area contributed by atoms with Crippen LogP contribution in [0.4, 0.5) is 5.69 Å². The molecule has 0 fully saturated rings. The highest BCUT2D eigenvalue weighted by Gasteiger charge is 2.01. The summed E-state index contributed by atoms with van der Waals surface area (Å²) in [5.74, 6) is 0. The van der Waals surface area contributed by atoms with E-state index in [0.29, 0.717) is 5.11 Å². The lowest BCUT2D eigenvalue weighted by Crippen LogP contribution is -2.30. The van der Waals surface area contributed by atoms with Crippen LogP contribution in [0.1, 0.15) is 18.9 Å². The van der Waals surface area contributed by atoms with E-state index in [1.54, 1.807) is 6.20 Å². The van der Waals surface area contributed by atoms with Crippen molar-refractivity contribution in [1.29, 1.82) is 0 Å². The van der Waals surface area contributed by atoms with Crippen molar-refractivity contribution < 1.29 is 0 Å². The van der Waals surface area contributed by atoms with Gasteiger partial charge in [0, 0.05) is 31.2 Å². The molecule has 0 radical (unpaired) electrons. The molecule has 0 saturated carbocycles. The lowest BCUT2D eigenvalue weighted by atomic mass is 10.1. The second-order valence-corrected chi connectivity index (χ2v) is 4.95. The molecule has 0 aliphatic heterocycles. The maximum atomic E-state index is 5.32. The zero-order valence-corrected chi connectivity index (χ0v) is 12.5. The Balaban J connectivity index is 1.72. The molecule has 0 amide bonds. The van der Waals surface area contributed by atoms with E-state index in [0.717, 1.165) is 31.6 Å². The highest BCUT2D eigenvalue weighted by molar-refractivity contribution is 7.80. The molecular weight excluding hydrogens is 268 g/mol. The molecule has 0 unspecified atom stereocenters. The molecule has 2 rings (SSSR count). The topological polar surface area (TPSA) is 41.9 Å². The summed E-state index contributed by atoms with van der Waals surface area (Å²) in [6, 6.07) is 8.23. The third-order valence-electron chi connectivity index (χ3n) is 3.08. The fraction of sp³-hybridized carbons (Fsp3) is 0.333. The first-order valence-electron chi connectivity index (χ1n) is 6.88. The lowest BCUT2D eigenvalue weighted by Gasteiger charge is -2.13. The van der Waals surface area contributed by atoms with Crippen LogP contribution in [0.3, 0.4) is 0 Å². The molecule has 4 nitrogen and oxygen atoms in total. The number of rotatable bonds is 6. The van der Waals surface area contributed by atoms with Crippen molar-refractivity contribution in [3.05, 3.63) is 48.5 Å². The predicted octanol–water partition coefficient (Wildman–Crippen LogP) is 2.82. The summed E-state index contributed by atoms with van der Waals surface area (Å²) >= 11 is 5.32. The van der Waals surface area contributed by atoms with Gasteiger partial charge in [-0.3, -0.25) is 0 Å². The molecule has 20 heavy (non-hydrogen) atoms. The molecule has 1 heterocycles. The molecule has 0 spiro atoms. The normalized spacial score (nSPS) is 10.2. The monoisotopic (exact) mass is 288 g/mol. The van der Waals surface area contributed by atoms with E-state index in [4.69, 9.17) is 12.2 Å². The summed E-state index contributed by atoms with van der Waals surface area (Å²) in [4.78, 5) is 4.02. The van der Waals surface area contributed by atoms with Gasteiger partial charge in [0.1, 0.15) is 0 Å². The summed E-state index contributed by atoms with van der Waals surface area (Å²) in [7, 11) is 0. The number of hydrogen-bond donors (Lipinski definition) is 2. The number of thiocarbonyl (C=S) groups is 1. The van der Waals surface area contributed by atoms with Crippen molar-refractivity contribution in [2.24, 2.45) is 0 Å². The van der Waals surface area contributed by atoms with Crippen LogP contribution in [-0.2, 0) is 13.0 Å². The summed E-state index contributed by atoms with van der Waals surface area (Å²) in [5.41, 5.74) is 2.36. The summed E-state index contributed by atoms with van der Waals surface area (Å²) in [5, 5.41) is 7.17. The van der Waals surface area contributed by atoms with Gasteiger partial charge in [-0.1, -0.05) is 25.1 Å². The smallest absolute Gasteiger partial charge is 0.170 e. The van der Waals surface area contributed by atoms with E-state index < -0.39 is 0 Å². The van der Waals surface area contributed by atoms with Crippen LogP contribution >= 0.6 is 12.2 Å². The van der Waals surface area contributed by atoms with Crippen molar-refractivity contribution in [2.75, 3.05) is 11.9 Å². The Bertz CT molecular complexity index is 537. The van der Waals surface area contributed by atoms with Crippen molar-refractivity contribution >= 4 is 23.0 Å². The fourth-order valence-corrected chi connectivity index (χ4v) is 2.21. The number of benzene rings is 1. The number of aromatic nitrogens is 2. The number of hydrogen-bond acceptors (Lipinski definition) is 2. The number of anilines is 1. The molecule has 2 aromatic rings. The summed E-state index contributed by atoms with van der Waals surface area (Å²) in [6.45, 7) is 3.93. The van der Waals surface area contributed by atoms with Crippen LogP contribution in [-0.4, -0.2) is 21.2 Å². The Labute approximate surface area is 125 Å². The third kappa shape index (κ3) is 4.35. The second kappa shape index (κ2) is 7.65. The number of nitrogens with one attached hydrogen (secondary N) is 2. The molecule has 1 aromatic heterocycles. The molecule has 0 atom stereocenters. The highest BCUT2D eigenvalue weighted by atomic mass is 32.1.